The predicted octanol–water partition coefficient (Wildman–Crippen LogP) is 7.54. The van der Waals surface area contributed by atoms with Crippen molar-refractivity contribution >= 4 is 38.4 Å². The first-order valence-electron chi connectivity index (χ1n) is 12.9. The van der Waals surface area contributed by atoms with Gasteiger partial charge in [0.2, 0.25) is 0 Å². The minimum Gasteiger partial charge on any atom is -0.368 e. The molecule has 0 aliphatic carbocycles. The van der Waals surface area contributed by atoms with Crippen LogP contribution in [-0.4, -0.2) is 42.0 Å². The molecule has 1 fully saturated rings. The molecule has 0 N–H and O–H groups in total. The summed E-state index contributed by atoms with van der Waals surface area (Å²) in [4.78, 5) is 23.2. The molecule has 1 aliphatic rings. The number of piperazine rings is 1. The number of carbonyl (C=O) groups is 1. The molecule has 4 nitrogen and oxygen atoms in total. The summed E-state index contributed by atoms with van der Waals surface area (Å²) in [5.74, 6) is 0.0682. The molecule has 190 valence electrons. The molecule has 1 aromatic heterocycles. The maximum atomic E-state index is 13.9. The van der Waals surface area contributed by atoms with Gasteiger partial charge in [-0.25, -0.2) is 4.98 Å². The number of carbonyl (C=O) groups excluding carboxylic acids is 1. The molecule has 0 radical (unpaired) electrons. The number of anilines is 1. The molecular formula is C32H34BrN3O. The first kappa shape index (κ1) is 25.5. The van der Waals surface area contributed by atoms with E-state index in [1.807, 2.05) is 29.2 Å². The average Bonchev–Trinajstić information content (AvgIpc) is 2.89. The van der Waals surface area contributed by atoms with Gasteiger partial charge in [-0.3, -0.25) is 4.79 Å². The van der Waals surface area contributed by atoms with E-state index in [2.05, 4.69) is 97.9 Å². The first-order chi connectivity index (χ1) is 17.6. The highest BCUT2D eigenvalue weighted by Crippen LogP contribution is 2.31. The smallest absolute Gasteiger partial charge is 0.254 e. The van der Waals surface area contributed by atoms with Crippen LogP contribution < -0.4 is 4.90 Å². The maximum Gasteiger partial charge on any atom is 0.254 e. The van der Waals surface area contributed by atoms with Crippen molar-refractivity contribution in [2.75, 3.05) is 31.1 Å². The standard InChI is InChI=1S/C32H34BrN3O/c1-21-7-6-8-30(22(21)2)35-15-17-36(18-16-35)31(37)27-20-29(34-28-14-13-25(33)19-26(27)28)23-9-11-24(12-10-23)32(3,4)5/h6-14,19-20H,15-18H2,1-5H3. The molecule has 5 rings (SSSR count). The number of rotatable bonds is 3. The van der Waals surface area contributed by atoms with Crippen LogP contribution in [0.2, 0.25) is 0 Å². The monoisotopic (exact) mass is 555 g/mol. The fourth-order valence-corrected chi connectivity index (χ4v) is 5.42. The van der Waals surface area contributed by atoms with Gasteiger partial charge in [-0.2, -0.15) is 0 Å². The van der Waals surface area contributed by atoms with E-state index in [1.165, 1.54) is 22.4 Å². The number of aromatic nitrogens is 1. The van der Waals surface area contributed by atoms with E-state index in [0.29, 0.717) is 18.7 Å². The summed E-state index contributed by atoms with van der Waals surface area (Å²) in [5, 5.41) is 0.881. The Morgan fingerprint density at radius 1 is 0.892 bits per heavy atom. The van der Waals surface area contributed by atoms with Gasteiger partial charge in [0.25, 0.3) is 5.91 Å². The zero-order valence-corrected chi connectivity index (χ0v) is 23.9. The Morgan fingerprint density at radius 3 is 2.27 bits per heavy atom. The minimum absolute atomic E-state index is 0.0682. The largest absolute Gasteiger partial charge is 0.368 e. The number of hydrogen-bond acceptors (Lipinski definition) is 3. The highest BCUT2D eigenvalue weighted by Gasteiger charge is 2.25. The zero-order chi connectivity index (χ0) is 26.3. The third kappa shape index (κ3) is 5.15. The van der Waals surface area contributed by atoms with Crippen LogP contribution in [0.5, 0.6) is 0 Å². The fourth-order valence-electron chi connectivity index (χ4n) is 5.06. The van der Waals surface area contributed by atoms with Crippen LogP contribution in [0.15, 0.2) is 71.2 Å². The van der Waals surface area contributed by atoms with E-state index in [0.717, 1.165) is 39.7 Å². The Balaban J connectivity index is 1.46. The van der Waals surface area contributed by atoms with Gasteiger partial charge in [0, 0.05) is 47.3 Å². The Bertz CT molecular complexity index is 1460. The van der Waals surface area contributed by atoms with Crippen LogP contribution in [0, 0.1) is 13.8 Å². The van der Waals surface area contributed by atoms with Crippen molar-refractivity contribution in [2.45, 2.75) is 40.0 Å². The molecule has 1 amide bonds. The lowest BCUT2D eigenvalue weighted by atomic mass is 9.86. The van der Waals surface area contributed by atoms with Gasteiger partial charge in [-0.1, -0.05) is 73.1 Å². The van der Waals surface area contributed by atoms with Crippen molar-refractivity contribution in [2.24, 2.45) is 0 Å². The van der Waals surface area contributed by atoms with Crippen molar-refractivity contribution in [3.05, 3.63) is 93.5 Å². The number of fused-ring (bicyclic) bond motifs is 1. The predicted molar refractivity (Wildman–Crippen MR) is 158 cm³/mol. The van der Waals surface area contributed by atoms with E-state index >= 15 is 0 Å². The fraction of sp³-hybridized carbons (Fsp3) is 0.312. The summed E-state index contributed by atoms with van der Waals surface area (Å²) < 4.78 is 0.942. The molecule has 3 aromatic carbocycles. The molecule has 1 saturated heterocycles. The molecular weight excluding hydrogens is 522 g/mol. The average molecular weight is 557 g/mol. The normalized spacial score (nSPS) is 14.3. The molecule has 4 aromatic rings. The third-order valence-electron chi connectivity index (χ3n) is 7.53. The van der Waals surface area contributed by atoms with E-state index in [4.69, 9.17) is 4.98 Å². The number of halogens is 1. The van der Waals surface area contributed by atoms with Crippen molar-refractivity contribution in [3.63, 3.8) is 0 Å². The first-order valence-corrected chi connectivity index (χ1v) is 13.7. The number of benzene rings is 3. The number of aryl methyl sites for hydroxylation is 1. The van der Waals surface area contributed by atoms with Crippen LogP contribution >= 0.6 is 15.9 Å². The van der Waals surface area contributed by atoms with Crippen molar-refractivity contribution in [1.29, 1.82) is 0 Å². The highest BCUT2D eigenvalue weighted by atomic mass is 79.9. The Labute approximate surface area is 228 Å². The summed E-state index contributed by atoms with van der Waals surface area (Å²) >= 11 is 3.59. The quantitative estimate of drug-likeness (QED) is 0.262. The molecule has 0 atom stereocenters. The molecule has 0 bridgehead atoms. The summed E-state index contributed by atoms with van der Waals surface area (Å²) in [6.45, 7) is 14.0. The van der Waals surface area contributed by atoms with Gasteiger partial charge >= 0.3 is 0 Å². The molecule has 0 saturated carbocycles. The van der Waals surface area contributed by atoms with Crippen LogP contribution in [-0.2, 0) is 5.41 Å². The van der Waals surface area contributed by atoms with Crippen molar-refractivity contribution in [3.8, 4) is 11.3 Å². The molecule has 5 heteroatoms. The van der Waals surface area contributed by atoms with Gasteiger partial charge in [-0.15, -0.1) is 0 Å². The highest BCUT2D eigenvalue weighted by molar-refractivity contribution is 9.10. The number of amides is 1. The van der Waals surface area contributed by atoms with E-state index in [9.17, 15) is 4.79 Å². The minimum atomic E-state index is 0.0682. The van der Waals surface area contributed by atoms with Crippen LogP contribution in [0.1, 0.15) is 47.8 Å². The van der Waals surface area contributed by atoms with Gasteiger partial charge < -0.3 is 9.80 Å². The lowest BCUT2D eigenvalue weighted by molar-refractivity contribution is 0.0748. The Kier molecular flexibility index (Phi) is 6.84. The number of hydrogen-bond donors (Lipinski definition) is 0. The van der Waals surface area contributed by atoms with E-state index in [-0.39, 0.29) is 11.3 Å². The van der Waals surface area contributed by atoms with Gasteiger partial charge in [0.1, 0.15) is 0 Å². The van der Waals surface area contributed by atoms with Crippen LogP contribution in [0.3, 0.4) is 0 Å². The van der Waals surface area contributed by atoms with E-state index < -0.39 is 0 Å². The van der Waals surface area contributed by atoms with E-state index in [1.54, 1.807) is 0 Å². The van der Waals surface area contributed by atoms with Crippen molar-refractivity contribution < 1.29 is 4.79 Å². The number of pyridine rings is 1. The third-order valence-corrected chi connectivity index (χ3v) is 8.02. The van der Waals surface area contributed by atoms with Gasteiger partial charge in [0.15, 0.2) is 0 Å². The summed E-state index contributed by atoms with van der Waals surface area (Å²) in [6.07, 6.45) is 0. The second kappa shape index (κ2) is 9.94. The topological polar surface area (TPSA) is 36.4 Å². The molecule has 0 spiro atoms. The van der Waals surface area contributed by atoms with Crippen molar-refractivity contribution in [1.82, 2.24) is 9.88 Å². The summed E-state index contributed by atoms with van der Waals surface area (Å²) in [7, 11) is 0. The molecule has 0 unspecified atom stereocenters. The Hall–Kier alpha value is -3.18. The zero-order valence-electron chi connectivity index (χ0n) is 22.3. The lowest BCUT2D eigenvalue weighted by Gasteiger charge is -2.37. The molecule has 1 aliphatic heterocycles. The van der Waals surface area contributed by atoms with Crippen LogP contribution in [0.25, 0.3) is 22.2 Å². The van der Waals surface area contributed by atoms with Crippen LogP contribution in [0.4, 0.5) is 5.69 Å². The summed E-state index contributed by atoms with van der Waals surface area (Å²) in [5.41, 5.74) is 8.63. The van der Waals surface area contributed by atoms with Gasteiger partial charge in [0.05, 0.1) is 16.8 Å². The van der Waals surface area contributed by atoms with Gasteiger partial charge in [-0.05, 0) is 66.3 Å². The molecule has 37 heavy (non-hydrogen) atoms. The Morgan fingerprint density at radius 2 is 1.59 bits per heavy atom. The second-order valence-corrected chi connectivity index (χ2v) is 12.0. The lowest BCUT2D eigenvalue weighted by Crippen LogP contribution is -2.49. The SMILES string of the molecule is Cc1cccc(N2CCN(C(=O)c3cc(-c4ccc(C(C)(C)C)cc4)nc4ccc(Br)cc34)CC2)c1C. The maximum absolute atomic E-state index is 13.9. The number of nitrogens with zero attached hydrogens (tertiary/aromatic N) is 3. The molecule has 2 heterocycles. The summed E-state index contributed by atoms with van der Waals surface area (Å²) in [6, 6.07) is 23.0. The second-order valence-electron chi connectivity index (χ2n) is 11.0.